The molecule has 2 unspecified atom stereocenters. The van der Waals surface area contributed by atoms with Crippen molar-refractivity contribution in [2.24, 2.45) is 5.92 Å². The number of hydrogen-bond acceptors (Lipinski definition) is 3. The van der Waals surface area contributed by atoms with Gasteiger partial charge in [0, 0.05) is 0 Å². The number of carbonyl (C=O) groups is 1. The van der Waals surface area contributed by atoms with Crippen LogP contribution in [0.3, 0.4) is 0 Å². The molecule has 13 heavy (non-hydrogen) atoms. The normalized spacial score (nSPS) is 24.5. The number of thioether (sulfide) groups is 1. The van der Waals surface area contributed by atoms with Crippen molar-refractivity contribution in [1.29, 1.82) is 0 Å². The molecule has 4 heteroatoms. The van der Waals surface area contributed by atoms with Gasteiger partial charge in [-0.05, 0) is 36.8 Å². The lowest BCUT2D eigenvalue weighted by molar-refractivity contribution is -0.140. The molecule has 1 rings (SSSR count). The van der Waals surface area contributed by atoms with Crippen LogP contribution in [0.1, 0.15) is 19.8 Å². The van der Waals surface area contributed by atoms with E-state index in [0.717, 1.165) is 30.9 Å². The second-order valence-corrected chi connectivity index (χ2v) is 4.54. The lowest BCUT2D eigenvalue weighted by Crippen LogP contribution is -2.43. The lowest BCUT2D eigenvalue weighted by atomic mass is 9.99. The molecule has 0 amide bonds. The summed E-state index contributed by atoms with van der Waals surface area (Å²) in [5.41, 5.74) is 0. The summed E-state index contributed by atoms with van der Waals surface area (Å²) in [6.07, 6.45) is 2.03. The average Bonchev–Trinajstić information content (AvgIpc) is 2.57. The van der Waals surface area contributed by atoms with Gasteiger partial charge in [-0.1, -0.05) is 6.92 Å². The zero-order chi connectivity index (χ0) is 9.68. The van der Waals surface area contributed by atoms with Crippen molar-refractivity contribution in [2.45, 2.75) is 25.8 Å². The molecule has 1 heterocycles. The van der Waals surface area contributed by atoms with Crippen LogP contribution in [-0.4, -0.2) is 35.2 Å². The summed E-state index contributed by atoms with van der Waals surface area (Å²) >= 11 is 1.86. The van der Waals surface area contributed by atoms with Crippen molar-refractivity contribution >= 4 is 17.7 Å². The summed E-state index contributed by atoms with van der Waals surface area (Å²) in [6.45, 7) is 2.85. The van der Waals surface area contributed by atoms with Gasteiger partial charge in [-0.2, -0.15) is 11.8 Å². The molecule has 1 aliphatic heterocycles. The molecule has 76 valence electrons. The fourth-order valence-electron chi connectivity index (χ4n) is 1.57. The second kappa shape index (κ2) is 5.50. The maximum Gasteiger partial charge on any atom is 0.321 e. The fourth-order valence-corrected chi connectivity index (χ4v) is 2.87. The minimum atomic E-state index is -0.694. The maximum atomic E-state index is 10.9. The van der Waals surface area contributed by atoms with Gasteiger partial charge in [-0.15, -0.1) is 0 Å². The second-order valence-electron chi connectivity index (χ2n) is 3.39. The van der Waals surface area contributed by atoms with Crippen molar-refractivity contribution in [3.05, 3.63) is 0 Å². The zero-order valence-electron chi connectivity index (χ0n) is 7.95. The van der Waals surface area contributed by atoms with E-state index in [9.17, 15) is 4.79 Å². The Kier molecular flexibility index (Phi) is 4.59. The first-order chi connectivity index (χ1) is 6.25. The Morgan fingerprint density at radius 3 is 3.00 bits per heavy atom. The number of hydrogen-bond donors (Lipinski definition) is 2. The Hall–Kier alpha value is -0.220. The Morgan fingerprint density at radius 2 is 2.54 bits per heavy atom. The number of carboxylic acid groups (broad SMARTS) is 1. The van der Waals surface area contributed by atoms with E-state index < -0.39 is 5.97 Å². The molecule has 0 saturated carbocycles. The summed E-state index contributed by atoms with van der Waals surface area (Å²) in [5.74, 6) is 1.74. The number of carboxylic acids is 1. The number of nitrogens with one attached hydrogen (secondary N) is 1. The minimum Gasteiger partial charge on any atom is -0.480 e. The van der Waals surface area contributed by atoms with Crippen molar-refractivity contribution in [3.8, 4) is 0 Å². The average molecular weight is 203 g/mol. The SMILES string of the molecule is CCCNC(C(=O)O)C1CCSC1. The van der Waals surface area contributed by atoms with E-state index in [1.54, 1.807) is 0 Å². The van der Waals surface area contributed by atoms with Gasteiger partial charge in [0.15, 0.2) is 0 Å². The van der Waals surface area contributed by atoms with Crippen LogP contribution < -0.4 is 5.32 Å². The standard InChI is InChI=1S/C9H17NO2S/c1-2-4-10-8(9(11)12)7-3-5-13-6-7/h7-8,10H,2-6H2,1H3,(H,11,12). The van der Waals surface area contributed by atoms with Gasteiger partial charge in [-0.25, -0.2) is 0 Å². The quantitative estimate of drug-likeness (QED) is 0.705. The molecule has 0 spiro atoms. The van der Waals surface area contributed by atoms with Crippen molar-refractivity contribution < 1.29 is 9.90 Å². The molecule has 0 aliphatic carbocycles. The largest absolute Gasteiger partial charge is 0.480 e. The molecule has 0 aromatic rings. The summed E-state index contributed by atoms with van der Waals surface area (Å²) < 4.78 is 0. The highest BCUT2D eigenvalue weighted by atomic mass is 32.2. The van der Waals surface area contributed by atoms with Gasteiger partial charge in [0.1, 0.15) is 6.04 Å². The van der Waals surface area contributed by atoms with Crippen molar-refractivity contribution in [3.63, 3.8) is 0 Å². The monoisotopic (exact) mass is 203 g/mol. The van der Waals surface area contributed by atoms with Gasteiger partial charge in [0.05, 0.1) is 0 Å². The van der Waals surface area contributed by atoms with Crippen LogP contribution in [0.25, 0.3) is 0 Å². The van der Waals surface area contributed by atoms with E-state index >= 15 is 0 Å². The van der Waals surface area contributed by atoms with Crippen molar-refractivity contribution in [2.75, 3.05) is 18.1 Å². The molecule has 2 atom stereocenters. The highest BCUT2D eigenvalue weighted by molar-refractivity contribution is 7.99. The summed E-state index contributed by atoms with van der Waals surface area (Å²) in [6, 6.07) is -0.324. The Morgan fingerprint density at radius 1 is 1.77 bits per heavy atom. The summed E-state index contributed by atoms with van der Waals surface area (Å²) in [7, 11) is 0. The summed E-state index contributed by atoms with van der Waals surface area (Å²) in [4.78, 5) is 10.9. The van der Waals surface area contributed by atoms with E-state index in [-0.39, 0.29) is 6.04 Å². The van der Waals surface area contributed by atoms with Crippen LogP contribution in [0.5, 0.6) is 0 Å². The summed E-state index contributed by atoms with van der Waals surface area (Å²) in [5, 5.41) is 12.1. The lowest BCUT2D eigenvalue weighted by Gasteiger charge is -2.19. The molecule has 3 nitrogen and oxygen atoms in total. The number of aliphatic carboxylic acids is 1. The molecular formula is C9H17NO2S. The molecule has 0 bridgehead atoms. The molecule has 0 aromatic heterocycles. The van der Waals surface area contributed by atoms with Crippen LogP contribution in [0.2, 0.25) is 0 Å². The van der Waals surface area contributed by atoms with Gasteiger partial charge < -0.3 is 10.4 Å². The highest BCUT2D eigenvalue weighted by Gasteiger charge is 2.29. The maximum absolute atomic E-state index is 10.9. The van der Waals surface area contributed by atoms with E-state index in [1.807, 2.05) is 11.8 Å². The predicted molar refractivity (Wildman–Crippen MR) is 55.1 cm³/mol. The van der Waals surface area contributed by atoms with E-state index in [1.165, 1.54) is 0 Å². The van der Waals surface area contributed by atoms with E-state index in [4.69, 9.17) is 5.11 Å². The van der Waals surface area contributed by atoms with Crippen LogP contribution >= 0.6 is 11.8 Å². The molecular weight excluding hydrogens is 186 g/mol. The molecule has 0 radical (unpaired) electrons. The molecule has 1 aliphatic rings. The first-order valence-corrected chi connectivity index (χ1v) is 5.95. The third-order valence-electron chi connectivity index (χ3n) is 2.32. The number of rotatable bonds is 5. The first-order valence-electron chi connectivity index (χ1n) is 4.79. The Balaban J connectivity index is 2.40. The third-order valence-corrected chi connectivity index (χ3v) is 3.50. The molecule has 2 N–H and O–H groups in total. The van der Waals surface area contributed by atoms with Crippen LogP contribution in [0.15, 0.2) is 0 Å². The third kappa shape index (κ3) is 3.19. The van der Waals surface area contributed by atoms with E-state index in [0.29, 0.717) is 5.92 Å². The van der Waals surface area contributed by atoms with Crippen LogP contribution in [0, 0.1) is 5.92 Å². The van der Waals surface area contributed by atoms with Crippen molar-refractivity contribution in [1.82, 2.24) is 5.32 Å². The topological polar surface area (TPSA) is 49.3 Å². The fraction of sp³-hybridized carbons (Fsp3) is 0.889. The first kappa shape index (κ1) is 10.9. The van der Waals surface area contributed by atoms with Gasteiger partial charge in [0.25, 0.3) is 0 Å². The highest BCUT2D eigenvalue weighted by Crippen LogP contribution is 2.26. The van der Waals surface area contributed by atoms with Gasteiger partial charge in [0.2, 0.25) is 0 Å². The Labute approximate surface area is 83.3 Å². The molecule has 1 saturated heterocycles. The minimum absolute atomic E-state index is 0.324. The molecule has 0 aromatic carbocycles. The zero-order valence-corrected chi connectivity index (χ0v) is 8.77. The van der Waals surface area contributed by atoms with Crippen LogP contribution in [0.4, 0.5) is 0 Å². The smallest absolute Gasteiger partial charge is 0.321 e. The van der Waals surface area contributed by atoms with Gasteiger partial charge >= 0.3 is 5.97 Å². The molecule has 1 fully saturated rings. The predicted octanol–water partition coefficient (Wildman–Crippen LogP) is 1.19. The van der Waals surface area contributed by atoms with Gasteiger partial charge in [-0.3, -0.25) is 4.79 Å². The van der Waals surface area contributed by atoms with E-state index in [2.05, 4.69) is 12.2 Å². The van der Waals surface area contributed by atoms with Crippen LogP contribution in [-0.2, 0) is 4.79 Å². The Bertz CT molecular complexity index is 169.